The van der Waals surface area contributed by atoms with Crippen LogP contribution in [0.3, 0.4) is 0 Å². The van der Waals surface area contributed by atoms with Crippen molar-refractivity contribution in [2.45, 2.75) is 25.3 Å². The van der Waals surface area contributed by atoms with E-state index in [0.29, 0.717) is 12.5 Å². The van der Waals surface area contributed by atoms with Gasteiger partial charge in [0.05, 0.1) is 23.1 Å². The summed E-state index contributed by atoms with van der Waals surface area (Å²) in [5.74, 6) is 2.27. The van der Waals surface area contributed by atoms with Gasteiger partial charge in [-0.3, -0.25) is 4.79 Å². The van der Waals surface area contributed by atoms with Crippen molar-refractivity contribution in [2.75, 3.05) is 5.75 Å². The molecule has 0 aliphatic rings. The molecular formula is C19H21N3OS. The van der Waals surface area contributed by atoms with Crippen molar-refractivity contribution in [2.24, 2.45) is 5.92 Å². The van der Waals surface area contributed by atoms with E-state index in [0.717, 1.165) is 33.1 Å². The van der Waals surface area contributed by atoms with Crippen molar-refractivity contribution in [3.05, 3.63) is 59.9 Å². The van der Waals surface area contributed by atoms with Gasteiger partial charge in [-0.25, -0.2) is 4.98 Å². The Morgan fingerprint density at radius 1 is 1.17 bits per heavy atom. The van der Waals surface area contributed by atoms with E-state index in [9.17, 15) is 4.79 Å². The number of fused-ring (bicyclic) bond motifs is 1. The van der Waals surface area contributed by atoms with Gasteiger partial charge in [0.2, 0.25) is 0 Å². The van der Waals surface area contributed by atoms with E-state index in [4.69, 9.17) is 0 Å². The molecule has 1 aromatic heterocycles. The van der Waals surface area contributed by atoms with E-state index >= 15 is 0 Å². The third-order valence-corrected chi connectivity index (χ3v) is 5.06. The molecule has 1 amide bonds. The summed E-state index contributed by atoms with van der Waals surface area (Å²) in [5.41, 5.74) is 2.61. The lowest BCUT2D eigenvalue weighted by Gasteiger charge is -2.10. The van der Waals surface area contributed by atoms with Crippen LogP contribution in [0.4, 0.5) is 0 Å². The number of aromatic amines is 1. The van der Waals surface area contributed by atoms with Crippen LogP contribution < -0.4 is 5.32 Å². The molecule has 5 heteroatoms. The fraction of sp³-hybridized carbons (Fsp3) is 0.263. The lowest BCUT2D eigenvalue weighted by molar-refractivity contribution is 0.0947. The summed E-state index contributed by atoms with van der Waals surface area (Å²) < 4.78 is 0. The van der Waals surface area contributed by atoms with Crippen LogP contribution >= 0.6 is 11.8 Å². The average Bonchev–Trinajstić information content (AvgIpc) is 3.01. The first kappa shape index (κ1) is 16.6. The first-order valence-corrected chi connectivity index (χ1v) is 9.05. The molecule has 2 N–H and O–H groups in total. The van der Waals surface area contributed by atoms with E-state index in [1.165, 1.54) is 0 Å². The van der Waals surface area contributed by atoms with E-state index in [1.54, 1.807) is 11.8 Å². The topological polar surface area (TPSA) is 57.8 Å². The molecule has 0 fully saturated rings. The molecule has 2 aromatic carbocycles. The smallest absolute Gasteiger partial charge is 0.252 e. The highest BCUT2D eigenvalue weighted by molar-refractivity contribution is 7.99. The predicted octanol–water partition coefficient (Wildman–Crippen LogP) is 4.24. The Morgan fingerprint density at radius 2 is 1.92 bits per heavy atom. The zero-order valence-corrected chi connectivity index (χ0v) is 14.7. The molecule has 0 spiro atoms. The van der Waals surface area contributed by atoms with Crippen molar-refractivity contribution in [3.63, 3.8) is 0 Å². The molecule has 0 saturated heterocycles. The van der Waals surface area contributed by atoms with Crippen molar-refractivity contribution in [3.8, 4) is 0 Å². The summed E-state index contributed by atoms with van der Waals surface area (Å²) >= 11 is 1.72. The second-order valence-electron chi connectivity index (χ2n) is 6.08. The summed E-state index contributed by atoms with van der Waals surface area (Å²) in [6, 6.07) is 15.6. The summed E-state index contributed by atoms with van der Waals surface area (Å²) in [4.78, 5) is 21.3. The number of imidazole rings is 1. The third kappa shape index (κ3) is 3.97. The number of rotatable bonds is 6. The molecule has 0 saturated carbocycles. The number of nitrogens with one attached hydrogen (secondary N) is 2. The molecule has 24 heavy (non-hydrogen) atoms. The fourth-order valence-electron chi connectivity index (χ4n) is 2.39. The molecule has 0 bridgehead atoms. The number of carbonyl (C=O) groups is 1. The summed E-state index contributed by atoms with van der Waals surface area (Å²) in [6.07, 6.45) is 0. The number of nitrogens with zero attached hydrogens (tertiary/aromatic N) is 1. The molecule has 0 atom stereocenters. The first-order valence-electron chi connectivity index (χ1n) is 8.07. The number of aromatic nitrogens is 2. The maximum Gasteiger partial charge on any atom is 0.252 e. The Balaban J connectivity index is 1.68. The predicted molar refractivity (Wildman–Crippen MR) is 99.3 cm³/mol. The van der Waals surface area contributed by atoms with Crippen LogP contribution in [0.1, 0.15) is 30.0 Å². The summed E-state index contributed by atoms with van der Waals surface area (Å²) in [6.45, 7) is 4.74. The highest BCUT2D eigenvalue weighted by atomic mass is 32.2. The lowest BCUT2D eigenvalue weighted by atomic mass is 10.2. The number of hydrogen-bond donors (Lipinski definition) is 2. The zero-order chi connectivity index (χ0) is 16.9. The minimum absolute atomic E-state index is 0.0673. The maximum absolute atomic E-state index is 12.5. The number of para-hydroxylation sites is 2. The SMILES string of the molecule is CC(C)CSc1ccccc1C(=O)NCc1nc2ccccc2[nH]1. The monoisotopic (exact) mass is 339 g/mol. The van der Waals surface area contributed by atoms with Gasteiger partial charge in [0.15, 0.2) is 0 Å². The van der Waals surface area contributed by atoms with E-state index < -0.39 is 0 Å². The van der Waals surface area contributed by atoms with Gasteiger partial charge in [0.25, 0.3) is 5.91 Å². The molecule has 124 valence electrons. The van der Waals surface area contributed by atoms with Crippen LogP contribution in [0.5, 0.6) is 0 Å². The van der Waals surface area contributed by atoms with Gasteiger partial charge in [0.1, 0.15) is 5.82 Å². The summed E-state index contributed by atoms with van der Waals surface area (Å²) in [5, 5.41) is 2.96. The highest BCUT2D eigenvalue weighted by Gasteiger charge is 2.12. The zero-order valence-electron chi connectivity index (χ0n) is 13.9. The Labute approximate surface area is 146 Å². The van der Waals surface area contributed by atoms with Crippen molar-refractivity contribution >= 4 is 28.7 Å². The van der Waals surface area contributed by atoms with Crippen LogP contribution in [0, 0.1) is 5.92 Å². The van der Waals surface area contributed by atoms with Crippen LogP contribution in [0.15, 0.2) is 53.4 Å². The van der Waals surface area contributed by atoms with Crippen molar-refractivity contribution in [1.29, 1.82) is 0 Å². The number of H-pyrrole nitrogens is 1. The van der Waals surface area contributed by atoms with Crippen LogP contribution in [0.2, 0.25) is 0 Å². The van der Waals surface area contributed by atoms with Gasteiger partial charge in [-0.15, -0.1) is 11.8 Å². The number of benzene rings is 2. The fourth-order valence-corrected chi connectivity index (χ4v) is 3.39. The normalized spacial score (nSPS) is 11.1. The minimum Gasteiger partial charge on any atom is -0.345 e. The van der Waals surface area contributed by atoms with Crippen LogP contribution in [0.25, 0.3) is 11.0 Å². The number of hydrogen-bond acceptors (Lipinski definition) is 3. The molecular weight excluding hydrogens is 318 g/mol. The van der Waals surface area contributed by atoms with Gasteiger partial charge in [-0.05, 0) is 30.2 Å². The third-order valence-electron chi connectivity index (χ3n) is 3.56. The largest absolute Gasteiger partial charge is 0.345 e. The quantitative estimate of drug-likeness (QED) is 0.660. The summed E-state index contributed by atoms with van der Waals surface area (Å²) in [7, 11) is 0. The molecule has 0 unspecified atom stereocenters. The van der Waals surface area contributed by atoms with Crippen molar-refractivity contribution < 1.29 is 4.79 Å². The van der Waals surface area contributed by atoms with Gasteiger partial charge in [0, 0.05) is 10.6 Å². The minimum atomic E-state index is -0.0673. The Hall–Kier alpha value is -2.27. The average molecular weight is 339 g/mol. The molecule has 0 aliphatic carbocycles. The van der Waals surface area contributed by atoms with E-state index in [-0.39, 0.29) is 5.91 Å². The van der Waals surface area contributed by atoms with Gasteiger partial charge in [-0.1, -0.05) is 38.1 Å². The number of carbonyl (C=O) groups excluding carboxylic acids is 1. The molecule has 1 heterocycles. The number of amides is 1. The van der Waals surface area contributed by atoms with Crippen molar-refractivity contribution in [1.82, 2.24) is 15.3 Å². The first-order chi connectivity index (χ1) is 11.6. The number of thioether (sulfide) groups is 1. The second kappa shape index (κ2) is 7.53. The van der Waals surface area contributed by atoms with Crippen LogP contribution in [-0.2, 0) is 6.54 Å². The molecule has 4 nitrogen and oxygen atoms in total. The van der Waals surface area contributed by atoms with E-state index in [1.807, 2.05) is 48.5 Å². The molecule has 0 radical (unpaired) electrons. The highest BCUT2D eigenvalue weighted by Crippen LogP contribution is 2.24. The van der Waals surface area contributed by atoms with Gasteiger partial charge >= 0.3 is 0 Å². The van der Waals surface area contributed by atoms with Crippen LogP contribution in [-0.4, -0.2) is 21.6 Å². The standard InChI is InChI=1S/C19H21N3OS/c1-13(2)12-24-17-10-6-3-7-14(17)19(23)20-11-18-21-15-8-4-5-9-16(15)22-18/h3-10,13H,11-12H2,1-2H3,(H,20,23)(H,21,22). The Morgan fingerprint density at radius 3 is 2.71 bits per heavy atom. The molecule has 3 rings (SSSR count). The Bertz CT molecular complexity index is 808. The lowest BCUT2D eigenvalue weighted by Crippen LogP contribution is -2.24. The maximum atomic E-state index is 12.5. The molecule has 3 aromatic rings. The molecule has 0 aliphatic heterocycles. The van der Waals surface area contributed by atoms with E-state index in [2.05, 4.69) is 29.1 Å². The Kier molecular flexibility index (Phi) is 5.20. The van der Waals surface area contributed by atoms with Gasteiger partial charge < -0.3 is 10.3 Å². The second-order valence-corrected chi connectivity index (χ2v) is 7.15. The van der Waals surface area contributed by atoms with Gasteiger partial charge in [-0.2, -0.15) is 0 Å².